The number of fused-ring (bicyclic) bond motifs is 3. The predicted molar refractivity (Wildman–Crippen MR) is 147 cm³/mol. The molecule has 0 aliphatic carbocycles. The van der Waals surface area contributed by atoms with E-state index >= 15 is 0 Å². The number of pyridine rings is 1. The van der Waals surface area contributed by atoms with Crippen molar-refractivity contribution in [3.63, 3.8) is 0 Å². The van der Waals surface area contributed by atoms with Crippen LogP contribution in [0.15, 0.2) is 91.8 Å². The lowest BCUT2D eigenvalue weighted by Crippen LogP contribution is -2.28. The molecule has 0 radical (unpaired) electrons. The third kappa shape index (κ3) is 7.18. The summed E-state index contributed by atoms with van der Waals surface area (Å²) in [6, 6.07) is 11.4. The van der Waals surface area contributed by atoms with E-state index in [9.17, 15) is 4.79 Å². The molecule has 3 aromatic rings. The summed E-state index contributed by atoms with van der Waals surface area (Å²) in [6.45, 7) is 20.8. The number of rotatable bonds is 16. The number of aromatic nitrogens is 1. The van der Waals surface area contributed by atoms with Crippen molar-refractivity contribution in [1.82, 2.24) is 14.8 Å². The highest BCUT2D eigenvalue weighted by Crippen LogP contribution is 2.27. The lowest BCUT2D eigenvalue weighted by molar-refractivity contribution is 0.236. The zero-order valence-electron chi connectivity index (χ0n) is 20.4. The van der Waals surface area contributed by atoms with Gasteiger partial charge in [-0.1, -0.05) is 24.3 Å². The molecule has 1 heterocycles. The molecule has 0 atom stereocenters. The van der Waals surface area contributed by atoms with Crippen molar-refractivity contribution in [3.05, 3.63) is 97.4 Å². The Balaban J connectivity index is 1.71. The molecule has 0 amide bonds. The average Bonchev–Trinajstić information content (AvgIpc) is 2.85. The number of aromatic amines is 1. The topological polar surface area (TPSA) is 57.8 Å². The molecule has 0 spiro atoms. The molecule has 0 aliphatic rings. The van der Waals surface area contributed by atoms with Gasteiger partial charge in [0.25, 0.3) is 5.56 Å². The fourth-order valence-electron chi connectivity index (χ4n) is 4.01. The molecular formula is C29H35N3O3. The van der Waals surface area contributed by atoms with Crippen LogP contribution in [-0.4, -0.2) is 67.3 Å². The molecular weight excluding hydrogens is 438 g/mol. The summed E-state index contributed by atoms with van der Waals surface area (Å²) in [5, 5.41) is 2.44. The third-order valence-corrected chi connectivity index (χ3v) is 5.67. The van der Waals surface area contributed by atoms with Gasteiger partial charge in [0.15, 0.2) is 0 Å². The number of benzene rings is 2. The number of H-pyrrole nitrogens is 1. The van der Waals surface area contributed by atoms with Crippen molar-refractivity contribution in [2.75, 3.05) is 52.5 Å². The highest BCUT2D eigenvalue weighted by molar-refractivity contribution is 6.05. The molecule has 1 N–H and O–H groups in total. The average molecular weight is 474 g/mol. The smallest absolute Gasteiger partial charge is 0.256 e. The van der Waals surface area contributed by atoms with Crippen molar-refractivity contribution in [2.24, 2.45) is 0 Å². The minimum absolute atomic E-state index is 0.154. The second kappa shape index (κ2) is 13.3. The standard InChI is InChI=1S/C29H35N3O3/c1-5-13-31(14-6-2)17-19-34-23-9-11-25-26-12-10-24(22-28(26)30-29(33)27(25)21-23)35-20-18-32(15-7-3)16-8-4/h5-12,21-22H,1-4,13-20H2,(H,30,33). The van der Waals surface area contributed by atoms with Crippen LogP contribution < -0.4 is 15.0 Å². The van der Waals surface area contributed by atoms with Crippen LogP contribution in [-0.2, 0) is 0 Å². The molecule has 2 aromatic carbocycles. The fourth-order valence-corrected chi connectivity index (χ4v) is 4.01. The van der Waals surface area contributed by atoms with E-state index in [4.69, 9.17) is 9.47 Å². The third-order valence-electron chi connectivity index (χ3n) is 5.67. The van der Waals surface area contributed by atoms with Crippen molar-refractivity contribution in [2.45, 2.75) is 0 Å². The van der Waals surface area contributed by atoms with Gasteiger partial charge in [0, 0.05) is 50.7 Å². The summed E-state index contributed by atoms with van der Waals surface area (Å²) < 4.78 is 11.9. The first-order valence-electron chi connectivity index (χ1n) is 11.8. The molecule has 0 saturated heterocycles. The Bertz CT molecular complexity index is 1210. The van der Waals surface area contributed by atoms with Crippen molar-refractivity contribution >= 4 is 21.7 Å². The van der Waals surface area contributed by atoms with Crippen LogP contribution in [0.2, 0.25) is 0 Å². The van der Waals surface area contributed by atoms with E-state index in [0.717, 1.165) is 55.6 Å². The maximum atomic E-state index is 12.8. The Hall–Kier alpha value is -3.61. The summed E-state index contributed by atoms with van der Waals surface area (Å²) in [5.41, 5.74) is 0.588. The summed E-state index contributed by atoms with van der Waals surface area (Å²) in [6.07, 6.45) is 7.46. The van der Waals surface area contributed by atoms with Gasteiger partial charge in [0.2, 0.25) is 0 Å². The van der Waals surface area contributed by atoms with Gasteiger partial charge in [0.1, 0.15) is 24.7 Å². The minimum atomic E-state index is -0.154. The number of hydrogen-bond acceptors (Lipinski definition) is 5. The highest BCUT2D eigenvalue weighted by atomic mass is 16.5. The first kappa shape index (κ1) is 26.0. The van der Waals surface area contributed by atoms with Gasteiger partial charge < -0.3 is 14.5 Å². The number of ether oxygens (including phenoxy) is 2. The van der Waals surface area contributed by atoms with E-state index < -0.39 is 0 Å². The summed E-state index contributed by atoms with van der Waals surface area (Å²) >= 11 is 0. The van der Waals surface area contributed by atoms with Crippen molar-refractivity contribution in [3.8, 4) is 11.5 Å². The van der Waals surface area contributed by atoms with Gasteiger partial charge in [-0.2, -0.15) is 0 Å². The minimum Gasteiger partial charge on any atom is -0.492 e. The Kier molecular flexibility index (Phi) is 9.90. The van der Waals surface area contributed by atoms with Crippen LogP contribution in [0.4, 0.5) is 0 Å². The van der Waals surface area contributed by atoms with Crippen LogP contribution in [0.3, 0.4) is 0 Å². The van der Waals surface area contributed by atoms with Crippen LogP contribution >= 0.6 is 0 Å². The van der Waals surface area contributed by atoms with E-state index in [-0.39, 0.29) is 5.56 Å². The molecule has 0 saturated carbocycles. The first-order chi connectivity index (χ1) is 17.1. The molecule has 6 nitrogen and oxygen atoms in total. The molecule has 1 aromatic heterocycles. The van der Waals surface area contributed by atoms with Crippen LogP contribution in [0.25, 0.3) is 21.7 Å². The monoisotopic (exact) mass is 473 g/mol. The van der Waals surface area contributed by atoms with Crippen molar-refractivity contribution < 1.29 is 9.47 Å². The van der Waals surface area contributed by atoms with Gasteiger partial charge in [0.05, 0.1) is 10.9 Å². The Morgan fingerprint density at radius 3 is 1.69 bits per heavy atom. The zero-order chi connectivity index (χ0) is 25.0. The largest absolute Gasteiger partial charge is 0.492 e. The van der Waals surface area contributed by atoms with Crippen LogP contribution in [0, 0.1) is 0 Å². The molecule has 0 aliphatic heterocycles. The zero-order valence-corrected chi connectivity index (χ0v) is 20.4. The first-order valence-corrected chi connectivity index (χ1v) is 11.8. The van der Waals surface area contributed by atoms with Gasteiger partial charge in [-0.25, -0.2) is 0 Å². The summed E-state index contributed by atoms with van der Waals surface area (Å²) in [5.74, 6) is 1.39. The maximum Gasteiger partial charge on any atom is 0.256 e. The van der Waals surface area contributed by atoms with E-state index in [1.807, 2.05) is 54.6 Å². The summed E-state index contributed by atoms with van der Waals surface area (Å²) in [4.78, 5) is 20.2. The number of nitrogens with zero attached hydrogens (tertiary/aromatic N) is 2. The second-order valence-electron chi connectivity index (χ2n) is 8.24. The maximum absolute atomic E-state index is 12.8. The van der Waals surface area contributed by atoms with Crippen LogP contribution in [0.5, 0.6) is 11.5 Å². The van der Waals surface area contributed by atoms with Crippen molar-refractivity contribution in [1.29, 1.82) is 0 Å². The number of nitrogens with one attached hydrogen (secondary N) is 1. The van der Waals surface area contributed by atoms with E-state index in [0.29, 0.717) is 30.1 Å². The molecule has 6 heteroatoms. The number of hydrogen-bond donors (Lipinski definition) is 1. The van der Waals surface area contributed by atoms with E-state index in [2.05, 4.69) is 41.1 Å². The Labute approximate surface area is 207 Å². The van der Waals surface area contributed by atoms with Gasteiger partial charge >= 0.3 is 0 Å². The molecule has 0 bridgehead atoms. The molecule has 184 valence electrons. The second-order valence-corrected chi connectivity index (χ2v) is 8.24. The normalized spacial score (nSPS) is 11.1. The molecule has 35 heavy (non-hydrogen) atoms. The van der Waals surface area contributed by atoms with Gasteiger partial charge in [-0.05, 0) is 35.7 Å². The molecule has 0 unspecified atom stereocenters. The predicted octanol–water partition coefficient (Wildman–Crippen LogP) is 4.79. The quantitative estimate of drug-likeness (QED) is 0.240. The fraction of sp³-hybridized carbons (Fsp3) is 0.276. The SMILES string of the molecule is C=CCN(CC=C)CCOc1ccc2c(c1)[nH]c(=O)c1cc(OCCN(CC=C)CC=C)ccc12. The highest BCUT2D eigenvalue weighted by Gasteiger charge is 2.09. The van der Waals surface area contributed by atoms with E-state index in [1.54, 1.807) is 6.07 Å². The van der Waals surface area contributed by atoms with Gasteiger partial charge in [-0.15, -0.1) is 26.3 Å². The van der Waals surface area contributed by atoms with E-state index in [1.165, 1.54) is 0 Å². The van der Waals surface area contributed by atoms with Crippen LogP contribution in [0.1, 0.15) is 0 Å². The Morgan fingerprint density at radius 2 is 1.17 bits per heavy atom. The molecule has 0 fully saturated rings. The molecule has 3 rings (SSSR count). The lowest BCUT2D eigenvalue weighted by atomic mass is 10.1. The lowest BCUT2D eigenvalue weighted by Gasteiger charge is -2.19. The summed E-state index contributed by atoms with van der Waals surface area (Å²) in [7, 11) is 0. The Morgan fingerprint density at radius 1 is 0.686 bits per heavy atom. The van der Waals surface area contributed by atoms with Gasteiger partial charge in [-0.3, -0.25) is 14.6 Å².